The predicted octanol–water partition coefficient (Wildman–Crippen LogP) is 2.67. The number of amides is 1. The molecule has 0 saturated heterocycles. The number of rotatable bonds is 7. The van der Waals surface area contributed by atoms with Crippen molar-refractivity contribution in [2.45, 2.75) is 57.3 Å². The summed E-state index contributed by atoms with van der Waals surface area (Å²) in [5.74, 6) is -1.43. The monoisotopic (exact) mass is 305 g/mol. The molecule has 2 rings (SSSR count). The zero-order valence-corrected chi connectivity index (χ0v) is 12.8. The second-order valence-electron chi connectivity index (χ2n) is 5.63. The normalized spacial score (nSPS) is 17.9. The van der Waals surface area contributed by atoms with E-state index in [2.05, 4.69) is 5.32 Å². The fraction of sp³-hybridized carbons (Fsp3) is 0.529. The summed E-state index contributed by atoms with van der Waals surface area (Å²) >= 11 is 0. The van der Waals surface area contributed by atoms with Crippen molar-refractivity contribution < 1.29 is 19.4 Å². The van der Waals surface area contributed by atoms with Gasteiger partial charge in [0.15, 0.2) is 6.04 Å². The summed E-state index contributed by atoms with van der Waals surface area (Å²) in [6, 6.07) is 7.65. The molecular formula is C17H23NO4. The Balaban J connectivity index is 2.01. The molecule has 0 aliphatic heterocycles. The van der Waals surface area contributed by atoms with E-state index in [9.17, 15) is 14.7 Å². The van der Waals surface area contributed by atoms with Crippen LogP contribution in [0, 0.1) is 0 Å². The predicted molar refractivity (Wildman–Crippen MR) is 82.4 cm³/mol. The summed E-state index contributed by atoms with van der Waals surface area (Å²) in [4.78, 5) is 23.8. The van der Waals surface area contributed by atoms with Gasteiger partial charge in [0.1, 0.15) is 6.10 Å². The number of carbonyl (C=O) groups excluding carboxylic acids is 1. The topological polar surface area (TPSA) is 75.6 Å². The fourth-order valence-corrected chi connectivity index (χ4v) is 2.77. The Kier molecular flexibility index (Phi) is 5.95. The first-order chi connectivity index (χ1) is 10.6. The van der Waals surface area contributed by atoms with Crippen LogP contribution >= 0.6 is 0 Å². The highest BCUT2D eigenvalue weighted by molar-refractivity contribution is 5.87. The van der Waals surface area contributed by atoms with E-state index < -0.39 is 18.1 Å². The zero-order valence-electron chi connectivity index (χ0n) is 12.8. The van der Waals surface area contributed by atoms with Gasteiger partial charge in [0.25, 0.3) is 0 Å². The first-order valence-electron chi connectivity index (χ1n) is 7.85. The molecular weight excluding hydrogens is 282 g/mol. The van der Waals surface area contributed by atoms with Crippen LogP contribution in [-0.4, -0.2) is 29.2 Å². The van der Waals surface area contributed by atoms with Crippen molar-refractivity contribution in [2.75, 3.05) is 0 Å². The molecule has 5 nitrogen and oxygen atoms in total. The van der Waals surface area contributed by atoms with E-state index in [4.69, 9.17) is 4.74 Å². The number of carboxylic acid groups (broad SMARTS) is 1. The molecule has 1 aliphatic carbocycles. The Labute approximate surface area is 130 Å². The van der Waals surface area contributed by atoms with Gasteiger partial charge in [-0.15, -0.1) is 0 Å². The van der Waals surface area contributed by atoms with Crippen molar-refractivity contribution in [3.8, 4) is 0 Å². The van der Waals surface area contributed by atoms with Gasteiger partial charge in [-0.3, -0.25) is 4.79 Å². The molecule has 0 bridgehead atoms. The maximum absolute atomic E-state index is 12.4. The number of hydrogen-bond donors (Lipinski definition) is 2. The number of hydrogen-bond acceptors (Lipinski definition) is 3. The summed E-state index contributed by atoms with van der Waals surface area (Å²) in [6.07, 6.45) is 4.28. The molecule has 1 unspecified atom stereocenters. The third-order valence-corrected chi connectivity index (χ3v) is 3.99. The number of benzene rings is 1. The third-order valence-electron chi connectivity index (χ3n) is 3.99. The molecule has 2 atom stereocenters. The molecule has 1 aliphatic rings. The van der Waals surface area contributed by atoms with Gasteiger partial charge in [-0.1, -0.05) is 50.1 Å². The Morgan fingerprint density at radius 3 is 2.45 bits per heavy atom. The van der Waals surface area contributed by atoms with Crippen molar-refractivity contribution in [1.29, 1.82) is 0 Å². The quantitative estimate of drug-likeness (QED) is 0.812. The van der Waals surface area contributed by atoms with Gasteiger partial charge in [-0.05, 0) is 24.8 Å². The van der Waals surface area contributed by atoms with E-state index in [1.54, 1.807) is 24.3 Å². The first-order valence-corrected chi connectivity index (χ1v) is 7.85. The minimum absolute atomic E-state index is 0.121. The summed E-state index contributed by atoms with van der Waals surface area (Å²) in [7, 11) is 0. The van der Waals surface area contributed by atoms with Gasteiger partial charge >= 0.3 is 5.97 Å². The molecule has 1 amide bonds. The van der Waals surface area contributed by atoms with Crippen LogP contribution in [0.3, 0.4) is 0 Å². The number of ether oxygens (including phenoxy) is 1. The highest BCUT2D eigenvalue weighted by Crippen LogP contribution is 2.23. The van der Waals surface area contributed by atoms with Crippen LogP contribution in [0.5, 0.6) is 0 Å². The molecule has 0 radical (unpaired) electrons. The minimum Gasteiger partial charge on any atom is -0.479 e. The number of carbonyl (C=O) groups is 2. The summed E-state index contributed by atoms with van der Waals surface area (Å²) < 4.78 is 5.83. The average Bonchev–Trinajstić information content (AvgIpc) is 3.03. The molecule has 1 fully saturated rings. The molecule has 0 spiro atoms. The lowest BCUT2D eigenvalue weighted by Gasteiger charge is -2.22. The van der Waals surface area contributed by atoms with Crippen molar-refractivity contribution in [3.63, 3.8) is 0 Å². The lowest BCUT2D eigenvalue weighted by Crippen LogP contribution is -2.42. The van der Waals surface area contributed by atoms with Crippen LogP contribution in [0.1, 0.15) is 50.6 Å². The van der Waals surface area contributed by atoms with Gasteiger partial charge in [0, 0.05) is 0 Å². The Morgan fingerprint density at radius 1 is 1.27 bits per heavy atom. The molecule has 22 heavy (non-hydrogen) atoms. The molecule has 0 aromatic heterocycles. The van der Waals surface area contributed by atoms with Crippen molar-refractivity contribution in [1.82, 2.24) is 5.32 Å². The zero-order chi connectivity index (χ0) is 15.9. The summed E-state index contributed by atoms with van der Waals surface area (Å²) in [5.41, 5.74) is 0.555. The largest absolute Gasteiger partial charge is 0.479 e. The van der Waals surface area contributed by atoms with Crippen LogP contribution in [0.25, 0.3) is 0 Å². The van der Waals surface area contributed by atoms with Crippen molar-refractivity contribution in [2.24, 2.45) is 0 Å². The minimum atomic E-state index is -1.07. The smallest absolute Gasteiger partial charge is 0.330 e. The van der Waals surface area contributed by atoms with E-state index in [0.29, 0.717) is 12.0 Å². The van der Waals surface area contributed by atoms with Crippen LogP contribution < -0.4 is 5.32 Å². The Hall–Kier alpha value is -1.88. The van der Waals surface area contributed by atoms with E-state index in [0.717, 1.165) is 25.7 Å². The second-order valence-corrected chi connectivity index (χ2v) is 5.63. The van der Waals surface area contributed by atoms with Crippen LogP contribution in [-0.2, 0) is 14.3 Å². The SMILES string of the molecule is CCC(OC1CCCC1)C(=O)N[C@@H](C(=O)O)c1ccccc1. The van der Waals surface area contributed by atoms with Gasteiger partial charge in [0.2, 0.25) is 5.91 Å². The third kappa shape index (κ3) is 4.31. The van der Waals surface area contributed by atoms with Crippen LogP contribution in [0.4, 0.5) is 0 Å². The van der Waals surface area contributed by atoms with Crippen molar-refractivity contribution in [3.05, 3.63) is 35.9 Å². The average molecular weight is 305 g/mol. The fourth-order valence-electron chi connectivity index (χ4n) is 2.77. The second kappa shape index (κ2) is 7.94. The van der Waals surface area contributed by atoms with Crippen LogP contribution in [0.2, 0.25) is 0 Å². The highest BCUT2D eigenvalue weighted by Gasteiger charge is 2.28. The van der Waals surface area contributed by atoms with Gasteiger partial charge < -0.3 is 15.2 Å². The number of carboxylic acids is 1. The van der Waals surface area contributed by atoms with E-state index in [1.807, 2.05) is 13.0 Å². The number of nitrogens with one attached hydrogen (secondary N) is 1. The van der Waals surface area contributed by atoms with Gasteiger partial charge in [0.05, 0.1) is 6.10 Å². The molecule has 0 heterocycles. The Bertz CT molecular complexity index is 497. The number of aliphatic carboxylic acids is 1. The maximum atomic E-state index is 12.4. The van der Waals surface area contributed by atoms with Crippen LogP contribution in [0.15, 0.2) is 30.3 Å². The highest BCUT2D eigenvalue weighted by atomic mass is 16.5. The van der Waals surface area contributed by atoms with Crippen molar-refractivity contribution >= 4 is 11.9 Å². The summed E-state index contributed by atoms with van der Waals surface area (Å²) in [6.45, 7) is 1.87. The van der Waals surface area contributed by atoms with E-state index in [-0.39, 0.29) is 12.0 Å². The Morgan fingerprint density at radius 2 is 1.91 bits per heavy atom. The first kappa shape index (κ1) is 16.5. The molecule has 2 N–H and O–H groups in total. The molecule has 1 aromatic rings. The maximum Gasteiger partial charge on any atom is 0.330 e. The lowest BCUT2D eigenvalue weighted by atomic mass is 10.1. The molecule has 5 heteroatoms. The van der Waals surface area contributed by atoms with E-state index >= 15 is 0 Å². The van der Waals surface area contributed by atoms with Gasteiger partial charge in [-0.25, -0.2) is 4.79 Å². The standard InChI is InChI=1S/C17H23NO4/c1-2-14(22-13-10-6-7-11-13)16(19)18-15(17(20)21)12-8-4-3-5-9-12/h3-5,8-9,13-15H,2,6-7,10-11H2,1H3,(H,18,19)(H,20,21)/t14?,15-/m1/s1. The lowest BCUT2D eigenvalue weighted by molar-refractivity contribution is -0.146. The van der Waals surface area contributed by atoms with E-state index in [1.165, 1.54) is 0 Å². The summed E-state index contributed by atoms with van der Waals surface area (Å²) in [5, 5.41) is 12.0. The van der Waals surface area contributed by atoms with Gasteiger partial charge in [-0.2, -0.15) is 0 Å². The molecule has 120 valence electrons. The molecule has 1 saturated carbocycles. The molecule has 1 aromatic carbocycles.